The van der Waals surface area contributed by atoms with Gasteiger partial charge in [0.05, 0.1) is 34.0 Å². The highest BCUT2D eigenvalue weighted by atomic mass is 32.1. The van der Waals surface area contributed by atoms with Crippen LogP contribution in [0.15, 0.2) is 36.4 Å². The van der Waals surface area contributed by atoms with E-state index in [1.807, 2.05) is 31.2 Å². The van der Waals surface area contributed by atoms with Crippen molar-refractivity contribution in [3.05, 3.63) is 36.4 Å². The first kappa shape index (κ1) is 26.0. The molecule has 1 aliphatic rings. The topological polar surface area (TPSA) is 82.6 Å². The molecule has 0 aliphatic carbocycles. The van der Waals surface area contributed by atoms with Gasteiger partial charge in [-0.25, -0.2) is 4.98 Å². The fourth-order valence-electron chi connectivity index (χ4n) is 4.02. The molecule has 1 aromatic heterocycles. The van der Waals surface area contributed by atoms with Crippen molar-refractivity contribution in [3.63, 3.8) is 0 Å². The lowest BCUT2D eigenvalue weighted by atomic mass is 10.3. The fourth-order valence-corrected chi connectivity index (χ4v) is 5.13. The van der Waals surface area contributed by atoms with Gasteiger partial charge in [-0.2, -0.15) is 0 Å². The van der Waals surface area contributed by atoms with Gasteiger partial charge in [0.1, 0.15) is 33.2 Å². The smallest absolute Gasteiger partial charge is 0.266 e. The van der Waals surface area contributed by atoms with Crippen LogP contribution in [-0.4, -0.2) is 82.6 Å². The minimum atomic E-state index is -0.164. The van der Waals surface area contributed by atoms with Gasteiger partial charge >= 0.3 is 0 Å². The molecule has 1 aliphatic heterocycles. The van der Waals surface area contributed by atoms with Crippen molar-refractivity contribution < 1.29 is 28.5 Å². The third-order valence-corrected chi connectivity index (χ3v) is 6.98. The third-order valence-electron chi connectivity index (χ3n) is 5.89. The molecule has 1 saturated heterocycles. The normalized spacial score (nSPS) is 14.0. The second kappa shape index (κ2) is 12.8. The summed E-state index contributed by atoms with van der Waals surface area (Å²) in [6.07, 6.45) is 0.805. The first-order chi connectivity index (χ1) is 17.6. The zero-order valence-corrected chi connectivity index (χ0v) is 21.8. The molecule has 0 bridgehead atoms. The van der Waals surface area contributed by atoms with Crippen molar-refractivity contribution in [2.24, 2.45) is 0 Å². The molecule has 4 rings (SSSR count). The van der Waals surface area contributed by atoms with Gasteiger partial charge < -0.3 is 23.7 Å². The quantitative estimate of drug-likeness (QED) is 0.360. The Labute approximate surface area is 215 Å². The van der Waals surface area contributed by atoms with Crippen molar-refractivity contribution in [2.45, 2.75) is 13.3 Å². The number of carbonyl (C=O) groups excluding carboxylic acids is 1. The highest BCUT2D eigenvalue weighted by Crippen LogP contribution is 2.40. The Morgan fingerprint density at radius 3 is 2.36 bits per heavy atom. The molecule has 0 spiro atoms. The maximum absolute atomic E-state index is 13.4. The molecule has 194 valence electrons. The van der Waals surface area contributed by atoms with E-state index in [0.29, 0.717) is 41.0 Å². The van der Waals surface area contributed by atoms with Crippen LogP contribution in [-0.2, 0) is 9.53 Å². The Balaban J connectivity index is 1.51. The summed E-state index contributed by atoms with van der Waals surface area (Å²) in [5, 5.41) is 0.593. The van der Waals surface area contributed by atoms with E-state index in [9.17, 15) is 4.79 Å². The lowest BCUT2D eigenvalue weighted by Crippen LogP contribution is -2.40. The van der Waals surface area contributed by atoms with Crippen LogP contribution in [0.25, 0.3) is 10.2 Å². The van der Waals surface area contributed by atoms with E-state index in [1.165, 1.54) is 11.3 Å². The molecule has 0 radical (unpaired) electrons. The number of ether oxygens (including phenoxy) is 5. The van der Waals surface area contributed by atoms with E-state index in [1.54, 1.807) is 31.3 Å². The summed E-state index contributed by atoms with van der Waals surface area (Å²) in [7, 11) is 3.23. The zero-order valence-electron chi connectivity index (χ0n) is 21.0. The van der Waals surface area contributed by atoms with Gasteiger partial charge in [0.2, 0.25) is 0 Å². The second-order valence-electron chi connectivity index (χ2n) is 8.19. The van der Waals surface area contributed by atoms with Gasteiger partial charge in [0.25, 0.3) is 5.91 Å². The Hall–Kier alpha value is -3.08. The number of nitrogens with zero attached hydrogens (tertiary/aromatic N) is 3. The number of methoxy groups -OCH3 is 2. The van der Waals surface area contributed by atoms with Gasteiger partial charge in [-0.15, -0.1) is 0 Å². The van der Waals surface area contributed by atoms with Crippen molar-refractivity contribution in [1.29, 1.82) is 0 Å². The summed E-state index contributed by atoms with van der Waals surface area (Å²) >= 11 is 1.41. The summed E-state index contributed by atoms with van der Waals surface area (Å²) in [5.41, 5.74) is 0.676. The molecule has 36 heavy (non-hydrogen) atoms. The summed E-state index contributed by atoms with van der Waals surface area (Å²) in [6.45, 7) is 7.13. The number of thiazole rings is 1. The Morgan fingerprint density at radius 2 is 1.69 bits per heavy atom. The predicted molar refractivity (Wildman–Crippen MR) is 140 cm³/mol. The molecular weight excluding hydrogens is 482 g/mol. The van der Waals surface area contributed by atoms with Crippen molar-refractivity contribution in [3.8, 4) is 23.0 Å². The van der Waals surface area contributed by atoms with Crippen LogP contribution in [0, 0.1) is 0 Å². The Kier molecular flexibility index (Phi) is 9.21. The van der Waals surface area contributed by atoms with Gasteiger partial charge in [-0.1, -0.05) is 11.3 Å². The number of hydrogen-bond donors (Lipinski definition) is 0. The summed E-state index contributed by atoms with van der Waals surface area (Å²) in [5.74, 6) is 2.54. The summed E-state index contributed by atoms with van der Waals surface area (Å²) in [4.78, 5) is 22.2. The SMILES string of the molecule is CCOc1ccc(OCC(=O)N(CCCN2CCOCC2)c2nc3c(OC)ccc(OC)c3s2)cc1. The summed E-state index contributed by atoms with van der Waals surface area (Å²) < 4.78 is 28.6. The van der Waals surface area contributed by atoms with Crippen LogP contribution < -0.4 is 23.8 Å². The lowest BCUT2D eigenvalue weighted by Gasteiger charge is -2.27. The predicted octanol–water partition coefficient (Wildman–Crippen LogP) is 3.85. The number of rotatable bonds is 12. The van der Waals surface area contributed by atoms with Crippen LogP contribution in [0.5, 0.6) is 23.0 Å². The zero-order chi connectivity index (χ0) is 25.3. The van der Waals surface area contributed by atoms with E-state index in [0.717, 1.165) is 49.7 Å². The molecule has 1 amide bonds. The molecule has 3 aromatic rings. The van der Waals surface area contributed by atoms with E-state index >= 15 is 0 Å². The number of amides is 1. The van der Waals surface area contributed by atoms with Crippen molar-refractivity contribution in [1.82, 2.24) is 9.88 Å². The fraction of sp³-hybridized carbons (Fsp3) is 0.462. The number of fused-ring (bicyclic) bond motifs is 1. The van der Waals surface area contributed by atoms with Crippen LogP contribution >= 0.6 is 11.3 Å². The van der Waals surface area contributed by atoms with Crippen LogP contribution in [0.3, 0.4) is 0 Å². The molecule has 0 unspecified atom stereocenters. The monoisotopic (exact) mass is 515 g/mol. The third kappa shape index (κ3) is 6.37. The average molecular weight is 516 g/mol. The highest BCUT2D eigenvalue weighted by Gasteiger charge is 2.23. The molecule has 2 aromatic carbocycles. The largest absolute Gasteiger partial charge is 0.495 e. The number of anilines is 1. The molecule has 9 nitrogen and oxygen atoms in total. The van der Waals surface area contributed by atoms with Crippen LogP contribution in [0.2, 0.25) is 0 Å². The van der Waals surface area contributed by atoms with Crippen LogP contribution in [0.4, 0.5) is 5.13 Å². The number of hydrogen-bond acceptors (Lipinski definition) is 9. The van der Waals surface area contributed by atoms with E-state index in [2.05, 4.69) is 4.90 Å². The number of aromatic nitrogens is 1. The summed E-state index contributed by atoms with van der Waals surface area (Å²) in [6, 6.07) is 10.9. The van der Waals surface area contributed by atoms with E-state index in [4.69, 9.17) is 28.7 Å². The Morgan fingerprint density at radius 1 is 1.03 bits per heavy atom. The lowest BCUT2D eigenvalue weighted by molar-refractivity contribution is -0.120. The van der Waals surface area contributed by atoms with E-state index < -0.39 is 0 Å². The number of morpholine rings is 1. The average Bonchev–Trinajstić information content (AvgIpc) is 3.36. The maximum atomic E-state index is 13.4. The van der Waals surface area contributed by atoms with Gasteiger partial charge in [-0.3, -0.25) is 14.6 Å². The highest BCUT2D eigenvalue weighted by molar-refractivity contribution is 7.22. The first-order valence-corrected chi connectivity index (χ1v) is 12.9. The van der Waals surface area contributed by atoms with Crippen molar-refractivity contribution in [2.75, 3.05) is 71.7 Å². The van der Waals surface area contributed by atoms with Crippen molar-refractivity contribution >= 4 is 32.6 Å². The van der Waals surface area contributed by atoms with Gasteiger partial charge in [-0.05, 0) is 49.7 Å². The Bertz CT molecular complexity index is 1090. The molecular formula is C26H33N3O6S. The molecule has 0 N–H and O–H groups in total. The second-order valence-corrected chi connectivity index (χ2v) is 9.17. The maximum Gasteiger partial charge on any atom is 0.266 e. The number of benzene rings is 2. The standard InChI is InChI=1S/C26H33N3O6S/c1-4-34-19-6-8-20(9-7-19)35-18-23(30)29(13-5-12-28-14-16-33-17-15-28)26-27-24-21(31-2)10-11-22(32-3)25(24)36-26/h6-11H,4-5,12-18H2,1-3H3. The minimum Gasteiger partial charge on any atom is -0.495 e. The van der Waals surface area contributed by atoms with Gasteiger partial charge in [0, 0.05) is 26.2 Å². The molecule has 0 saturated carbocycles. The van der Waals surface area contributed by atoms with E-state index in [-0.39, 0.29) is 12.5 Å². The molecule has 10 heteroatoms. The minimum absolute atomic E-state index is 0.101. The molecule has 2 heterocycles. The number of carbonyl (C=O) groups is 1. The molecule has 0 atom stereocenters. The van der Waals surface area contributed by atoms with Gasteiger partial charge in [0.15, 0.2) is 11.7 Å². The molecule has 1 fully saturated rings. The first-order valence-electron chi connectivity index (χ1n) is 12.1. The van der Waals surface area contributed by atoms with Crippen LogP contribution in [0.1, 0.15) is 13.3 Å².